The van der Waals surface area contributed by atoms with E-state index in [0.717, 1.165) is 53.3 Å². The van der Waals surface area contributed by atoms with Crippen molar-refractivity contribution in [3.8, 4) is 5.75 Å². The Morgan fingerprint density at radius 3 is 2.77 bits per heavy atom. The number of aromatic nitrogens is 1. The van der Waals surface area contributed by atoms with E-state index in [2.05, 4.69) is 10.2 Å². The molecule has 2 fully saturated rings. The van der Waals surface area contributed by atoms with Gasteiger partial charge in [-0.2, -0.15) is 0 Å². The summed E-state index contributed by atoms with van der Waals surface area (Å²) in [6.45, 7) is 5.04. The Morgan fingerprint density at radius 2 is 2.03 bits per heavy atom. The molecule has 2 aliphatic heterocycles. The third kappa shape index (κ3) is 5.03. The molecule has 3 heterocycles. The monoisotopic (exact) mass is 446 g/mol. The van der Waals surface area contributed by atoms with Crippen LogP contribution in [-0.2, 0) is 9.53 Å². The van der Waals surface area contributed by atoms with Gasteiger partial charge in [0.1, 0.15) is 5.75 Å². The number of hydrogen-bond acceptors (Lipinski definition) is 7. The van der Waals surface area contributed by atoms with Crippen LogP contribution in [0.4, 0.5) is 9.93 Å². The average Bonchev–Trinajstić information content (AvgIpc) is 3.23. The lowest BCUT2D eigenvalue weighted by molar-refractivity contribution is -0.126. The predicted molar refractivity (Wildman–Crippen MR) is 121 cm³/mol. The van der Waals surface area contributed by atoms with Gasteiger partial charge in [0, 0.05) is 32.2 Å². The number of likely N-dealkylation sites (tertiary alicyclic amines) is 1. The molecule has 9 heteroatoms. The van der Waals surface area contributed by atoms with Crippen LogP contribution in [0.1, 0.15) is 32.6 Å². The molecule has 0 aliphatic carbocycles. The molecule has 2 amide bonds. The highest BCUT2D eigenvalue weighted by Crippen LogP contribution is 2.33. The number of methoxy groups -OCH3 is 1. The van der Waals surface area contributed by atoms with Crippen molar-refractivity contribution in [3.05, 3.63) is 18.2 Å². The summed E-state index contributed by atoms with van der Waals surface area (Å²) >= 11 is 1.64. The minimum absolute atomic E-state index is 0.0432. The van der Waals surface area contributed by atoms with E-state index >= 15 is 0 Å². The number of thiazole rings is 1. The summed E-state index contributed by atoms with van der Waals surface area (Å²) in [6.07, 6.45) is 3.13. The van der Waals surface area contributed by atoms with Crippen LogP contribution in [0.25, 0.3) is 10.2 Å². The van der Waals surface area contributed by atoms with Crippen molar-refractivity contribution in [3.63, 3.8) is 0 Å². The number of piperidine rings is 2. The van der Waals surface area contributed by atoms with Crippen LogP contribution in [-0.4, -0.2) is 67.8 Å². The zero-order valence-electron chi connectivity index (χ0n) is 18.1. The highest BCUT2D eigenvalue weighted by atomic mass is 32.1. The highest BCUT2D eigenvalue weighted by Gasteiger charge is 2.30. The predicted octanol–water partition coefficient (Wildman–Crippen LogP) is 3.26. The van der Waals surface area contributed by atoms with Crippen LogP contribution in [0.2, 0.25) is 0 Å². The molecule has 0 spiro atoms. The average molecular weight is 447 g/mol. The molecule has 0 bridgehead atoms. The van der Waals surface area contributed by atoms with Gasteiger partial charge >= 0.3 is 6.09 Å². The molecule has 31 heavy (non-hydrogen) atoms. The molecule has 1 atom stereocenters. The van der Waals surface area contributed by atoms with Crippen LogP contribution in [0.3, 0.4) is 0 Å². The van der Waals surface area contributed by atoms with Crippen LogP contribution < -0.4 is 15.0 Å². The first-order valence-corrected chi connectivity index (χ1v) is 11.8. The Labute approximate surface area is 186 Å². The molecule has 0 radical (unpaired) electrons. The molecule has 168 valence electrons. The van der Waals surface area contributed by atoms with Crippen molar-refractivity contribution in [1.29, 1.82) is 0 Å². The molecular formula is C22H30N4O4S. The summed E-state index contributed by atoms with van der Waals surface area (Å²) in [7, 11) is 1.66. The van der Waals surface area contributed by atoms with E-state index in [9.17, 15) is 9.59 Å². The van der Waals surface area contributed by atoms with Gasteiger partial charge in [0.25, 0.3) is 0 Å². The molecule has 1 aromatic carbocycles. The van der Waals surface area contributed by atoms with Crippen molar-refractivity contribution in [2.24, 2.45) is 5.92 Å². The zero-order valence-corrected chi connectivity index (χ0v) is 19.0. The van der Waals surface area contributed by atoms with Gasteiger partial charge in [0.15, 0.2) is 5.13 Å². The van der Waals surface area contributed by atoms with Gasteiger partial charge in [0.05, 0.1) is 29.9 Å². The number of hydrogen-bond donors (Lipinski definition) is 1. The molecule has 1 unspecified atom stereocenters. The Kier molecular flexibility index (Phi) is 6.80. The maximum Gasteiger partial charge on any atom is 0.409 e. The van der Waals surface area contributed by atoms with Gasteiger partial charge in [-0.05, 0) is 50.8 Å². The van der Waals surface area contributed by atoms with Crippen LogP contribution in [0, 0.1) is 5.92 Å². The van der Waals surface area contributed by atoms with Crippen LogP contribution in [0.15, 0.2) is 18.2 Å². The van der Waals surface area contributed by atoms with Crippen molar-refractivity contribution < 1.29 is 19.1 Å². The number of nitrogens with one attached hydrogen (secondary N) is 1. The molecule has 0 saturated carbocycles. The fourth-order valence-corrected chi connectivity index (χ4v) is 5.29. The van der Waals surface area contributed by atoms with E-state index < -0.39 is 0 Å². The van der Waals surface area contributed by atoms with Gasteiger partial charge in [-0.15, -0.1) is 0 Å². The summed E-state index contributed by atoms with van der Waals surface area (Å²) in [5.74, 6) is 0.896. The van der Waals surface area contributed by atoms with E-state index in [1.165, 1.54) is 0 Å². The first-order valence-electron chi connectivity index (χ1n) is 11.0. The fourth-order valence-electron chi connectivity index (χ4n) is 4.26. The minimum Gasteiger partial charge on any atom is -0.497 e. The number of ether oxygens (including phenoxy) is 2. The maximum atomic E-state index is 12.9. The number of amides is 2. The van der Waals surface area contributed by atoms with Gasteiger partial charge in [-0.1, -0.05) is 11.3 Å². The number of rotatable bonds is 5. The largest absolute Gasteiger partial charge is 0.497 e. The molecular weight excluding hydrogens is 416 g/mol. The van der Waals surface area contributed by atoms with Crippen molar-refractivity contribution >= 4 is 38.7 Å². The topological polar surface area (TPSA) is 84.0 Å². The first-order chi connectivity index (χ1) is 15.1. The van der Waals surface area contributed by atoms with Gasteiger partial charge in [-0.25, -0.2) is 9.78 Å². The Morgan fingerprint density at radius 1 is 1.23 bits per heavy atom. The second-order valence-corrected chi connectivity index (χ2v) is 9.09. The van der Waals surface area contributed by atoms with Crippen molar-refractivity contribution in [2.45, 2.75) is 38.6 Å². The zero-order chi connectivity index (χ0) is 21.8. The quantitative estimate of drug-likeness (QED) is 0.759. The second kappa shape index (κ2) is 9.72. The van der Waals surface area contributed by atoms with E-state index in [1.54, 1.807) is 23.3 Å². The lowest BCUT2D eigenvalue weighted by atomic mass is 9.96. The summed E-state index contributed by atoms with van der Waals surface area (Å²) in [5.41, 5.74) is 0.959. The summed E-state index contributed by atoms with van der Waals surface area (Å²) in [5, 5.41) is 4.18. The van der Waals surface area contributed by atoms with E-state index in [4.69, 9.17) is 14.5 Å². The Hall–Kier alpha value is -2.55. The minimum atomic E-state index is -0.261. The molecule has 1 aromatic heterocycles. The molecule has 8 nitrogen and oxygen atoms in total. The standard InChI is InChI=1S/C22H30N4O4S/c1-3-30-22(28)25-11-8-16(9-12-25)23-20(27)15-5-4-10-26(14-15)21-24-18-7-6-17(29-2)13-19(18)31-21/h6-7,13,15-16H,3-5,8-12,14H2,1-2H3,(H,23,27). The second-order valence-electron chi connectivity index (χ2n) is 8.08. The number of carbonyl (C=O) groups excluding carboxylic acids is 2. The van der Waals surface area contributed by atoms with Crippen LogP contribution in [0.5, 0.6) is 5.75 Å². The van der Waals surface area contributed by atoms with Crippen molar-refractivity contribution in [1.82, 2.24) is 15.2 Å². The molecule has 2 aromatic rings. The normalized spacial score (nSPS) is 20.0. The number of carbonyl (C=O) groups is 2. The molecule has 2 saturated heterocycles. The molecule has 4 rings (SSSR count). The van der Waals surface area contributed by atoms with E-state index in [0.29, 0.717) is 26.2 Å². The smallest absolute Gasteiger partial charge is 0.409 e. The number of anilines is 1. The van der Waals surface area contributed by atoms with Crippen LogP contribution >= 0.6 is 11.3 Å². The number of nitrogens with zero attached hydrogens (tertiary/aromatic N) is 3. The number of fused-ring (bicyclic) bond motifs is 1. The van der Waals surface area contributed by atoms with Gasteiger partial charge < -0.3 is 24.6 Å². The number of benzene rings is 1. The third-order valence-corrected chi connectivity index (χ3v) is 7.09. The van der Waals surface area contributed by atoms with E-state index in [-0.39, 0.29) is 24.0 Å². The summed E-state index contributed by atoms with van der Waals surface area (Å²) < 4.78 is 11.5. The first kappa shape index (κ1) is 21.7. The maximum absolute atomic E-state index is 12.9. The molecule has 2 aliphatic rings. The lowest BCUT2D eigenvalue weighted by Crippen LogP contribution is -2.50. The third-order valence-electron chi connectivity index (χ3n) is 6.01. The van der Waals surface area contributed by atoms with Gasteiger partial charge in [0.2, 0.25) is 5.91 Å². The Bertz CT molecular complexity index is 925. The summed E-state index contributed by atoms with van der Waals surface area (Å²) in [6, 6.07) is 6.02. The highest BCUT2D eigenvalue weighted by molar-refractivity contribution is 7.22. The molecule has 1 N–H and O–H groups in total. The lowest BCUT2D eigenvalue weighted by Gasteiger charge is -2.35. The van der Waals surface area contributed by atoms with E-state index in [1.807, 2.05) is 25.1 Å². The Balaban J connectivity index is 1.32. The van der Waals surface area contributed by atoms with Gasteiger partial charge in [-0.3, -0.25) is 4.79 Å². The SMILES string of the molecule is CCOC(=O)N1CCC(NC(=O)C2CCCN(c3nc4ccc(OC)cc4s3)C2)CC1. The summed E-state index contributed by atoms with van der Waals surface area (Å²) in [4.78, 5) is 33.5. The fraction of sp³-hybridized carbons (Fsp3) is 0.591. The van der Waals surface area contributed by atoms with Crippen molar-refractivity contribution in [2.75, 3.05) is 44.8 Å².